The molecule has 0 aliphatic rings. The van der Waals surface area contributed by atoms with E-state index in [1.54, 1.807) is 20.4 Å². The number of anilines is 1. The summed E-state index contributed by atoms with van der Waals surface area (Å²) in [5.74, 6) is 1.77. The van der Waals surface area contributed by atoms with Crippen molar-refractivity contribution in [1.82, 2.24) is 9.97 Å². The molecule has 0 aliphatic carbocycles. The number of nitrogens with two attached hydrogens (primary N) is 1. The minimum absolute atomic E-state index is 0.430. The lowest BCUT2D eigenvalue weighted by Crippen LogP contribution is -1.98. The molecule has 0 fully saturated rings. The Morgan fingerprint density at radius 1 is 1.17 bits per heavy atom. The molecule has 2 N–H and O–H groups in total. The number of nitrogens with zero attached hydrogens (tertiary/aromatic N) is 2. The minimum atomic E-state index is 0.430. The summed E-state index contributed by atoms with van der Waals surface area (Å²) >= 11 is 2.05. The predicted molar refractivity (Wildman–Crippen MR) is 77.7 cm³/mol. The van der Waals surface area contributed by atoms with E-state index in [4.69, 9.17) is 15.2 Å². The van der Waals surface area contributed by atoms with Gasteiger partial charge in [0.05, 0.1) is 26.1 Å². The Balaban J connectivity index is 2.47. The van der Waals surface area contributed by atoms with Crippen molar-refractivity contribution < 1.29 is 9.47 Å². The average molecular weight is 357 g/mol. The molecular weight excluding hydrogens is 345 g/mol. The van der Waals surface area contributed by atoms with Crippen molar-refractivity contribution in [3.8, 4) is 22.8 Å². The highest BCUT2D eigenvalue weighted by Crippen LogP contribution is 2.31. The van der Waals surface area contributed by atoms with E-state index in [9.17, 15) is 0 Å². The smallest absolute Gasteiger partial charge is 0.161 e. The molecule has 94 valence electrons. The molecule has 5 nitrogen and oxygen atoms in total. The molecule has 2 aromatic rings. The molecule has 1 aromatic heterocycles. The Morgan fingerprint density at radius 3 is 2.50 bits per heavy atom. The molecule has 2 rings (SSSR count). The molecule has 1 heterocycles. The summed E-state index contributed by atoms with van der Waals surface area (Å²) in [5.41, 5.74) is 7.29. The Kier molecular flexibility index (Phi) is 3.85. The van der Waals surface area contributed by atoms with Gasteiger partial charge < -0.3 is 15.2 Å². The number of methoxy groups -OCH3 is 2. The quantitative estimate of drug-likeness (QED) is 0.854. The number of aromatic nitrogens is 2. The van der Waals surface area contributed by atoms with Crippen molar-refractivity contribution in [2.24, 2.45) is 0 Å². The van der Waals surface area contributed by atoms with Crippen molar-refractivity contribution in [3.63, 3.8) is 0 Å². The van der Waals surface area contributed by atoms with E-state index < -0.39 is 0 Å². The number of hydrogen-bond donors (Lipinski definition) is 1. The van der Waals surface area contributed by atoms with Gasteiger partial charge in [-0.2, -0.15) is 0 Å². The van der Waals surface area contributed by atoms with E-state index in [1.165, 1.54) is 0 Å². The van der Waals surface area contributed by atoms with Crippen LogP contribution in [-0.2, 0) is 0 Å². The van der Waals surface area contributed by atoms with Gasteiger partial charge in [-0.25, -0.2) is 9.97 Å². The first kappa shape index (κ1) is 12.9. The summed E-state index contributed by atoms with van der Waals surface area (Å²) < 4.78 is 11.1. The number of nitrogen functional groups attached to an aromatic ring is 1. The Labute approximate surface area is 118 Å². The predicted octanol–water partition coefficient (Wildman–Crippen LogP) is 2.35. The van der Waals surface area contributed by atoms with Crippen LogP contribution in [0.3, 0.4) is 0 Å². The fraction of sp³-hybridized carbons (Fsp3) is 0.167. The lowest BCUT2D eigenvalue weighted by molar-refractivity contribution is 0.355. The minimum Gasteiger partial charge on any atom is -0.493 e. The highest BCUT2D eigenvalue weighted by molar-refractivity contribution is 14.1. The van der Waals surface area contributed by atoms with Gasteiger partial charge in [-0.05, 0) is 40.8 Å². The van der Waals surface area contributed by atoms with Gasteiger partial charge in [-0.1, -0.05) is 0 Å². The zero-order valence-electron chi connectivity index (χ0n) is 9.98. The molecule has 6 heteroatoms. The second kappa shape index (κ2) is 5.38. The van der Waals surface area contributed by atoms with E-state index in [1.807, 2.05) is 18.2 Å². The molecule has 0 radical (unpaired) electrons. The fourth-order valence-electron chi connectivity index (χ4n) is 1.51. The first-order chi connectivity index (χ1) is 8.65. The summed E-state index contributed by atoms with van der Waals surface area (Å²) in [6.45, 7) is 0. The summed E-state index contributed by atoms with van der Waals surface area (Å²) in [7, 11) is 3.20. The van der Waals surface area contributed by atoms with Crippen LogP contribution < -0.4 is 15.2 Å². The summed E-state index contributed by atoms with van der Waals surface area (Å²) in [5, 5.41) is 0. The zero-order valence-corrected chi connectivity index (χ0v) is 12.1. The molecule has 0 amide bonds. The maximum Gasteiger partial charge on any atom is 0.161 e. The fourth-order valence-corrected chi connectivity index (χ4v) is 1.91. The van der Waals surface area contributed by atoms with Crippen molar-refractivity contribution >= 4 is 28.4 Å². The van der Waals surface area contributed by atoms with Crippen LogP contribution in [0.1, 0.15) is 0 Å². The zero-order chi connectivity index (χ0) is 13.1. The van der Waals surface area contributed by atoms with Gasteiger partial charge in [0.25, 0.3) is 0 Å². The highest BCUT2D eigenvalue weighted by Gasteiger charge is 2.08. The van der Waals surface area contributed by atoms with Crippen molar-refractivity contribution in [3.05, 3.63) is 28.1 Å². The van der Waals surface area contributed by atoms with E-state index in [-0.39, 0.29) is 0 Å². The summed E-state index contributed by atoms with van der Waals surface area (Å²) in [6, 6.07) is 5.59. The molecule has 0 saturated carbocycles. The van der Waals surface area contributed by atoms with Gasteiger partial charge in [-0.3, -0.25) is 0 Å². The third-order valence-corrected chi connectivity index (χ3v) is 3.23. The van der Waals surface area contributed by atoms with Crippen molar-refractivity contribution in [1.29, 1.82) is 0 Å². The maximum atomic E-state index is 5.64. The molecule has 0 spiro atoms. The second-order valence-electron chi connectivity index (χ2n) is 3.50. The van der Waals surface area contributed by atoms with E-state index in [0.29, 0.717) is 21.0 Å². The van der Waals surface area contributed by atoms with Crippen molar-refractivity contribution in [2.45, 2.75) is 0 Å². The van der Waals surface area contributed by atoms with Crippen LogP contribution in [-0.4, -0.2) is 24.2 Å². The third-order valence-electron chi connectivity index (χ3n) is 2.44. The first-order valence-electron chi connectivity index (χ1n) is 5.16. The van der Waals surface area contributed by atoms with Crippen molar-refractivity contribution in [2.75, 3.05) is 20.0 Å². The first-order valence-corrected chi connectivity index (χ1v) is 6.24. The molecule has 0 bridgehead atoms. The monoisotopic (exact) mass is 357 g/mol. The molecular formula is C12H12IN3O2. The van der Waals surface area contributed by atoms with Gasteiger partial charge in [-0.15, -0.1) is 0 Å². The second-order valence-corrected chi connectivity index (χ2v) is 4.52. The van der Waals surface area contributed by atoms with Gasteiger partial charge >= 0.3 is 0 Å². The average Bonchev–Trinajstić information content (AvgIpc) is 2.41. The van der Waals surface area contributed by atoms with Gasteiger partial charge in [0.1, 0.15) is 3.70 Å². The van der Waals surface area contributed by atoms with E-state index >= 15 is 0 Å². The maximum absolute atomic E-state index is 5.64. The number of halogens is 1. The standard InChI is InChI=1S/C12H12IN3O2/c1-17-9-4-3-7(5-10(9)18-2)8-6-15-12(14)11(13)16-8/h3-6H,1-2H3,(H2,14,15). The van der Waals surface area contributed by atoms with Crippen LogP contribution in [0.5, 0.6) is 11.5 Å². The van der Waals surface area contributed by atoms with Crippen LogP contribution >= 0.6 is 22.6 Å². The SMILES string of the molecule is COc1ccc(-c2cnc(N)c(I)n2)cc1OC. The van der Waals surface area contributed by atoms with Crippen LogP contribution in [0, 0.1) is 3.70 Å². The van der Waals surface area contributed by atoms with E-state index in [0.717, 1.165) is 11.3 Å². The van der Waals surface area contributed by atoms with Gasteiger partial charge in [0.15, 0.2) is 17.3 Å². The lowest BCUT2D eigenvalue weighted by atomic mass is 10.1. The molecule has 0 unspecified atom stereocenters. The molecule has 0 aliphatic heterocycles. The number of hydrogen-bond acceptors (Lipinski definition) is 5. The summed E-state index contributed by atoms with van der Waals surface area (Å²) in [6.07, 6.45) is 1.64. The Bertz CT molecular complexity index is 575. The summed E-state index contributed by atoms with van der Waals surface area (Å²) in [4.78, 5) is 8.47. The third kappa shape index (κ3) is 2.47. The van der Waals surface area contributed by atoms with Gasteiger partial charge in [0.2, 0.25) is 0 Å². The Hall–Kier alpha value is -1.57. The normalized spacial score (nSPS) is 10.2. The molecule has 0 saturated heterocycles. The van der Waals surface area contributed by atoms with Crippen LogP contribution in [0.15, 0.2) is 24.4 Å². The largest absolute Gasteiger partial charge is 0.493 e. The lowest BCUT2D eigenvalue weighted by Gasteiger charge is -2.09. The molecule has 0 atom stereocenters. The van der Waals surface area contributed by atoms with Crippen LogP contribution in [0.25, 0.3) is 11.3 Å². The van der Waals surface area contributed by atoms with E-state index in [2.05, 4.69) is 32.6 Å². The number of benzene rings is 1. The molecule has 1 aromatic carbocycles. The topological polar surface area (TPSA) is 70.3 Å². The van der Waals surface area contributed by atoms with Crippen LogP contribution in [0.4, 0.5) is 5.82 Å². The highest BCUT2D eigenvalue weighted by atomic mass is 127. The molecule has 18 heavy (non-hydrogen) atoms. The number of rotatable bonds is 3. The Morgan fingerprint density at radius 2 is 1.89 bits per heavy atom. The number of ether oxygens (including phenoxy) is 2. The van der Waals surface area contributed by atoms with Gasteiger partial charge in [0, 0.05) is 5.56 Å². The van der Waals surface area contributed by atoms with Crippen LogP contribution in [0.2, 0.25) is 0 Å².